The van der Waals surface area contributed by atoms with Crippen LogP contribution in [0.25, 0.3) is 43.2 Å². The molecule has 0 atom stereocenters. The number of fused-ring (bicyclic) bond motifs is 2. The van der Waals surface area contributed by atoms with Gasteiger partial charge in [-0.1, -0.05) is 36.4 Å². The van der Waals surface area contributed by atoms with E-state index in [1.54, 1.807) is 11.3 Å². The van der Waals surface area contributed by atoms with Gasteiger partial charge >= 0.3 is 0 Å². The van der Waals surface area contributed by atoms with Crippen LogP contribution in [0.2, 0.25) is 0 Å². The molecule has 5 aromatic rings. The Hall–Kier alpha value is -3.11. The fourth-order valence-electron chi connectivity index (χ4n) is 3.55. The Morgan fingerprint density at radius 3 is 2.65 bits per heavy atom. The van der Waals surface area contributed by atoms with Crippen LogP contribution in [0.15, 0.2) is 66.2 Å². The average Bonchev–Trinajstić information content (AvgIpc) is 3.25. The van der Waals surface area contributed by atoms with Crippen LogP contribution in [0.5, 0.6) is 0 Å². The molecule has 3 aromatic heterocycles. The number of nitrogens with two attached hydrogens (primary N) is 1. The fraction of sp³-hybridized carbons (Fsp3) is 0.0455. The zero-order valence-corrected chi connectivity index (χ0v) is 15.1. The van der Waals surface area contributed by atoms with Crippen molar-refractivity contribution in [2.75, 3.05) is 5.73 Å². The molecular weight excluding hydrogens is 338 g/mol. The number of hydrogen-bond donors (Lipinski definition) is 2. The number of nitrogen functional groups attached to an aromatic ring is 1. The smallest absolute Gasteiger partial charge is 0.132 e. The molecule has 0 spiro atoms. The Bertz CT molecular complexity index is 1250. The number of aromatic nitrogens is 2. The van der Waals surface area contributed by atoms with Crippen molar-refractivity contribution in [1.82, 2.24) is 9.97 Å². The van der Waals surface area contributed by atoms with Crippen LogP contribution < -0.4 is 5.73 Å². The van der Waals surface area contributed by atoms with E-state index in [1.807, 2.05) is 12.3 Å². The molecule has 0 bridgehead atoms. The van der Waals surface area contributed by atoms with Gasteiger partial charge in [-0.25, -0.2) is 4.98 Å². The first-order valence-corrected chi connectivity index (χ1v) is 9.39. The summed E-state index contributed by atoms with van der Waals surface area (Å²) < 4.78 is 1.18. The van der Waals surface area contributed by atoms with Crippen molar-refractivity contribution in [3.63, 3.8) is 0 Å². The first-order chi connectivity index (χ1) is 12.7. The first kappa shape index (κ1) is 15.2. The van der Waals surface area contributed by atoms with E-state index < -0.39 is 0 Å². The van der Waals surface area contributed by atoms with Gasteiger partial charge in [-0.3, -0.25) is 0 Å². The Kier molecular flexibility index (Phi) is 3.33. The highest BCUT2D eigenvalue weighted by Crippen LogP contribution is 2.42. The number of nitrogens with zero attached hydrogens (tertiary/aromatic N) is 1. The lowest BCUT2D eigenvalue weighted by Gasteiger charge is -2.07. The third kappa shape index (κ3) is 2.30. The van der Waals surface area contributed by atoms with E-state index in [4.69, 9.17) is 5.73 Å². The zero-order valence-electron chi connectivity index (χ0n) is 14.3. The molecule has 0 radical (unpaired) electrons. The molecule has 0 amide bonds. The first-order valence-electron chi connectivity index (χ1n) is 8.51. The molecule has 3 heterocycles. The van der Waals surface area contributed by atoms with Crippen molar-refractivity contribution in [2.24, 2.45) is 0 Å². The lowest BCUT2D eigenvalue weighted by atomic mass is 10.0. The van der Waals surface area contributed by atoms with E-state index in [0.717, 1.165) is 27.6 Å². The normalized spacial score (nSPS) is 11.4. The summed E-state index contributed by atoms with van der Waals surface area (Å²) in [6, 6.07) is 19.0. The number of pyridine rings is 1. The third-order valence-electron chi connectivity index (χ3n) is 4.78. The van der Waals surface area contributed by atoms with Gasteiger partial charge in [0.25, 0.3) is 0 Å². The lowest BCUT2D eigenvalue weighted by Crippen LogP contribution is -1.92. The van der Waals surface area contributed by atoms with Gasteiger partial charge in [0.05, 0.1) is 0 Å². The van der Waals surface area contributed by atoms with E-state index in [1.165, 1.54) is 21.3 Å². The zero-order chi connectivity index (χ0) is 17.7. The molecule has 0 aliphatic rings. The molecule has 2 aromatic carbocycles. The molecule has 5 rings (SSSR count). The van der Waals surface area contributed by atoms with Crippen molar-refractivity contribution in [2.45, 2.75) is 6.92 Å². The maximum atomic E-state index is 6.27. The van der Waals surface area contributed by atoms with Gasteiger partial charge in [-0.05, 0) is 41.6 Å². The summed E-state index contributed by atoms with van der Waals surface area (Å²) in [5.41, 5.74) is 13.2. The van der Waals surface area contributed by atoms with Gasteiger partial charge in [-0.2, -0.15) is 0 Å². The van der Waals surface area contributed by atoms with Crippen LogP contribution in [0.1, 0.15) is 5.69 Å². The SMILES string of the molecule is Cc1cc2cc(-c3cnc(N)c4c(-c5ccccc5)csc34)ccc2[nH]1. The minimum absolute atomic E-state index is 0.586. The van der Waals surface area contributed by atoms with Gasteiger partial charge in [0.15, 0.2) is 0 Å². The van der Waals surface area contributed by atoms with Gasteiger partial charge < -0.3 is 10.7 Å². The van der Waals surface area contributed by atoms with E-state index in [2.05, 4.69) is 70.8 Å². The Morgan fingerprint density at radius 1 is 0.962 bits per heavy atom. The molecule has 3 N–H and O–H groups in total. The highest BCUT2D eigenvalue weighted by Gasteiger charge is 2.15. The molecule has 0 unspecified atom stereocenters. The molecule has 26 heavy (non-hydrogen) atoms. The predicted octanol–water partition coefficient (Wildman–Crippen LogP) is 6.00. The molecular formula is C22H17N3S. The van der Waals surface area contributed by atoms with E-state index in [-0.39, 0.29) is 0 Å². The van der Waals surface area contributed by atoms with Gasteiger partial charge in [0.1, 0.15) is 5.82 Å². The van der Waals surface area contributed by atoms with Crippen LogP contribution in [0.3, 0.4) is 0 Å². The minimum atomic E-state index is 0.586. The number of H-pyrrole nitrogens is 1. The van der Waals surface area contributed by atoms with Crippen molar-refractivity contribution >= 4 is 38.1 Å². The molecule has 0 saturated heterocycles. The number of rotatable bonds is 2. The van der Waals surface area contributed by atoms with Crippen molar-refractivity contribution in [3.05, 3.63) is 71.9 Å². The molecule has 0 aliphatic carbocycles. The second-order valence-electron chi connectivity index (χ2n) is 6.53. The van der Waals surface area contributed by atoms with Crippen LogP contribution >= 0.6 is 11.3 Å². The summed E-state index contributed by atoms with van der Waals surface area (Å²) in [6.45, 7) is 2.08. The maximum absolute atomic E-state index is 6.27. The number of anilines is 1. The monoisotopic (exact) mass is 355 g/mol. The number of thiophene rings is 1. The molecule has 126 valence electrons. The summed E-state index contributed by atoms with van der Waals surface area (Å²) in [5, 5.41) is 4.44. The largest absolute Gasteiger partial charge is 0.383 e. The van der Waals surface area contributed by atoms with E-state index in [0.29, 0.717) is 5.82 Å². The summed E-state index contributed by atoms with van der Waals surface area (Å²) >= 11 is 1.73. The standard InChI is InChI=1S/C22H17N3S/c1-13-9-16-10-15(7-8-19(16)25-13)17-11-24-22(23)20-18(12-26-21(17)20)14-5-3-2-4-6-14/h2-12,25H,1H3,(H2,23,24). The maximum Gasteiger partial charge on any atom is 0.132 e. The van der Waals surface area contributed by atoms with Crippen LogP contribution in [0, 0.1) is 6.92 Å². The molecule has 0 fully saturated rings. The third-order valence-corrected chi connectivity index (χ3v) is 5.79. The second kappa shape index (κ2) is 5.71. The van der Waals surface area contributed by atoms with Gasteiger partial charge in [0, 0.05) is 44.0 Å². The minimum Gasteiger partial charge on any atom is -0.383 e. The molecule has 0 aliphatic heterocycles. The molecule has 0 saturated carbocycles. The van der Waals surface area contributed by atoms with E-state index in [9.17, 15) is 0 Å². The van der Waals surface area contributed by atoms with Crippen molar-refractivity contribution in [3.8, 4) is 22.3 Å². The topological polar surface area (TPSA) is 54.7 Å². The second-order valence-corrected chi connectivity index (χ2v) is 7.41. The quantitative estimate of drug-likeness (QED) is 0.408. The van der Waals surface area contributed by atoms with Gasteiger partial charge in [0.2, 0.25) is 0 Å². The average molecular weight is 355 g/mol. The summed E-state index contributed by atoms with van der Waals surface area (Å²) in [4.78, 5) is 7.88. The Labute approximate surface area is 155 Å². The van der Waals surface area contributed by atoms with Crippen molar-refractivity contribution < 1.29 is 0 Å². The van der Waals surface area contributed by atoms with Crippen LogP contribution in [-0.4, -0.2) is 9.97 Å². The molecule has 4 heteroatoms. The van der Waals surface area contributed by atoms with E-state index >= 15 is 0 Å². The summed E-state index contributed by atoms with van der Waals surface area (Å²) in [5.74, 6) is 0.586. The predicted molar refractivity (Wildman–Crippen MR) is 111 cm³/mol. The van der Waals surface area contributed by atoms with Crippen LogP contribution in [-0.2, 0) is 0 Å². The van der Waals surface area contributed by atoms with Crippen LogP contribution in [0.4, 0.5) is 5.82 Å². The highest BCUT2D eigenvalue weighted by atomic mass is 32.1. The number of hydrogen-bond acceptors (Lipinski definition) is 3. The van der Waals surface area contributed by atoms with Gasteiger partial charge in [-0.15, -0.1) is 11.3 Å². The number of benzene rings is 2. The highest BCUT2D eigenvalue weighted by molar-refractivity contribution is 7.18. The summed E-state index contributed by atoms with van der Waals surface area (Å²) in [7, 11) is 0. The number of aromatic amines is 1. The van der Waals surface area contributed by atoms with Crippen molar-refractivity contribution in [1.29, 1.82) is 0 Å². The number of nitrogens with one attached hydrogen (secondary N) is 1. The lowest BCUT2D eigenvalue weighted by molar-refractivity contribution is 1.30. The summed E-state index contributed by atoms with van der Waals surface area (Å²) in [6.07, 6.45) is 1.89. The fourth-order valence-corrected chi connectivity index (χ4v) is 4.67. The molecule has 3 nitrogen and oxygen atoms in total. The Morgan fingerprint density at radius 2 is 1.81 bits per heavy atom. The number of aryl methyl sites for hydroxylation is 1. The Balaban J connectivity index is 1.76.